The van der Waals surface area contributed by atoms with E-state index in [0.29, 0.717) is 10.8 Å². The zero-order valence-electron chi connectivity index (χ0n) is 12.0. The highest BCUT2D eigenvalue weighted by atomic mass is 35.5. The summed E-state index contributed by atoms with van der Waals surface area (Å²) in [6, 6.07) is 15.8. The fraction of sp³-hybridized carbons (Fsp3) is 0.118. The Balaban J connectivity index is 2.26. The van der Waals surface area contributed by atoms with Gasteiger partial charge in [-0.2, -0.15) is 5.10 Å². The molecule has 0 spiro atoms. The topological polar surface area (TPSA) is 43.8 Å². The summed E-state index contributed by atoms with van der Waals surface area (Å²) in [4.78, 5) is 0. The SMILES string of the molecule is Cc1ccccc1-c1c(-c2ccc(Cl)cc2)nn(C)c1N. The van der Waals surface area contributed by atoms with E-state index in [9.17, 15) is 0 Å². The number of nitrogens with two attached hydrogens (primary N) is 1. The lowest BCUT2D eigenvalue weighted by molar-refractivity contribution is 0.782. The molecule has 106 valence electrons. The standard InChI is InChI=1S/C17H16ClN3/c1-11-5-3-4-6-14(11)15-16(20-21(2)17(15)19)12-7-9-13(18)10-8-12/h3-10H,19H2,1-2H3. The van der Waals surface area contributed by atoms with Crippen LogP contribution in [0.15, 0.2) is 48.5 Å². The number of benzene rings is 2. The Labute approximate surface area is 129 Å². The van der Waals surface area contributed by atoms with Crippen molar-refractivity contribution in [1.82, 2.24) is 9.78 Å². The molecule has 0 unspecified atom stereocenters. The van der Waals surface area contributed by atoms with Gasteiger partial charge in [0.25, 0.3) is 0 Å². The molecule has 0 aliphatic heterocycles. The Morgan fingerprint density at radius 3 is 2.38 bits per heavy atom. The maximum absolute atomic E-state index is 6.25. The number of hydrogen-bond acceptors (Lipinski definition) is 2. The second-order valence-corrected chi connectivity index (χ2v) is 5.49. The van der Waals surface area contributed by atoms with Crippen molar-refractivity contribution < 1.29 is 0 Å². The molecule has 21 heavy (non-hydrogen) atoms. The minimum Gasteiger partial charge on any atom is -0.383 e. The molecule has 0 amide bonds. The first-order valence-electron chi connectivity index (χ1n) is 6.72. The van der Waals surface area contributed by atoms with Crippen LogP contribution in [0, 0.1) is 6.92 Å². The quantitative estimate of drug-likeness (QED) is 0.766. The van der Waals surface area contributed by atoms with Crippen LogP contribution in [0.2, 0.25) is 5.02 Å². The molecule has 0 saturated carbocycles. The van der Waals surface area contributed by atoms with Gasteiger partial charge < -0.3 is 5.73 Å². The molecule has 0 atom stereocenters. The first-order chi connectivity index (χ1) is 10.1. The first kappa shape index (κ1) is 13.7. The van der Waals surface area contributed by atoms with E-state index in [1.54, 1.807) is 4.68 Å². The largest absolute Gasteiger partial charge is 0.383 e. The van der Waals surface area contributed by atoms with E-state index in [-0.39, 0.29) is 0 Å². The van der Waals surface area contributed by atoms with Crippen LogP contribution >= 0.6 is 11.6 Å². The normalized spacial score (nSPS) is 10.8. The van der Waals surface area contributed by atoms with Crippen molar-refractivity contribution in [2.24, 2.45) is 7.05 Å². The van der Waals surface area contributed by atoms with Gasteiger partial charge in [0, 0.05) is 17.6 Å². The van der Waals surface area contributed by atoms with Gasteiger partial charge in [-0.3, -0.25) is 4.68 Å². The maximum atomic E-state index is 6.25. The molecule has 0 bridgehead atoms. The van der Waals surface area contributed by atoms with Crippen molar-refractivity contribution in [2.75, 3.05) is 5.73 Å². The summed E-state index contributed by atoms with van der Waals surface area (Å²) in [6.07, 6.45) is 0. The van der Waals surface area contributed by atoms with Gasteiger partial charge in [0.05, 0.1) is 5.56 Å². The molecule has 0 aliphatic rings. The van der Waals surface area contributed by atoms with Crippen molar-refractivity contribution >= 4 is 17.4 Å². The van der Waals surface area contributed by atoms with E-state index in [0.717, 1.165) is 22.4 Å². The molecule has 0 saturated heterocycles. The van der Waals surface area contributed by atoms with Gasteiger partial charge in [0.15, 0.2) is 0 Å². The van der Waals surface area contributed by atoms with Crippen LogP contribution in [0.25, 0.3) is 22.4 Å². The molecule has 3 rings (SSSR count). The van der Waals surface area contributed by atoms with Gasteiger partial charge in [0.1, 0.15) is 11.5 Å². The average Bonchev–Trinajstić information content (AvgIpc) is 2.77. The molecule has 2 N–H and O–H groups in total. The van der Waals surface area contributed by atoms with Crippen LogP contribution in [0.3, 0.4) is 0 Å². The smallest absolute Gasteiger partial charge is 0.129 e. The number of hydrogen-bond donors (Lipinski definition) is 1. The van der Waals surface area contributed by atoms with Crippen molar-refractivity contribution in [1.29, 1.82) is 0 Å². The highest BCUT2D eigenvalue weighted by Crippen LogP contribution is 2.37. The van der Waals surface area contributed by atoms with Gasteiger partial charge in [-0.25, -0.2) is 0 Å². The highest BCUT2D eigenvalue weighted by Gasteiger charge is 2.18. The average molecular weight is 298 g/mol. The molecule has 4 heteroatoms. The Morgan fingerprint density at radius 1 is 1.05 bits per heavy atom. The predicted molar refractivity (Wildman–Crippen MR) is 88.2 cm³/mol. The van der Waals surface area contributed by atoms with E-state index < -0.39 is 0 Å². The van der Waals surface area contributed by atoms with E-state index in [2.05, 4.69) is 24.2 Å². The Morgan fingerprint density at radius 2 is 1.71 bits per heavy atom. The molecule has 2 aromatic carbocycles. The Kier molecular flexibility index (Phi) is 3.43. The molecular weight excluding hydrogens is 282 g/mol. The molecule has 3 aromatic rings. The fourth-order valence-electron chi connectivity index (χ4n) is 2.47. The minimum absolute atomic E-state index is 0.661. The fourth-order valence-corrected chi connectivity index (χ4v) is 2.59. The van der Waals surface area contributed by atoms with Crippen LogP contribution in [0.1, 0.15) is 5.56 Å². The Bertz CT molecular complexity index is 788. The number of aryl methyl sites for hydroxylation is 2. The lowest BCUT2D eigenvalue weighted by Crippen LogP contribution is -1.98. The van der Waals surface area contributed by atoms with Crippen molar-refractivity contribution in [3.05, 3.63) is 59.1 Å². The van der Waals surface area contributed by atoms with Gasteiger partial charge >= 0.3 is 0 Å². The number of aromatic nitrogens is 2. The monoisotopic (exact) mass is 297 g/mol. The van der Waals surface area contributed by atoms with Crippen LogP contribution in [-0.2, 0) is 7.05 Å². The molecule has 0 aliphatic carbocycles. The van der Waals surface area contributed by atoms with E-state index in [4.69, 9.17) is 17.3 Å². The summed E-state index contributed by atoms with van der Waals surface area (Å²) in [5, 5.41) is 5.28. The van der Waals surface area contributed by atoms with E-state index in [1.165, 1.54) is 5.56 Å². The third-order valence-corrected chi connectivity index (χ3v) is 3.88. The van der Waals surface area contributed by atoms with Crippen LogP contribution in [0.4, 0.5) is 5.82 Å². The van der Waals surface area contributed by atoms with Gasteiger partial charge in [-0.15, -0.1) is 0 Å². The van der Waals surface area contributed by atoms with Gasteiger partial charge in [-0.1, -0.05) is 48.0 Å². The third-order valence-electron chi connectivity index (χ3n) is 3.62. The Hall–Kier alpha value is -2.26. The summed E-state index contributed by atoms with van der Waals surface area (Å²) < 4.78 is 1.71. The molecule has 0 fully saturated rings. The summed E-state index contributed by atoms with van der Waals surface area (Å²) in [6.45, 7) is 2.08. The van der Waals surface area contributed by atoms with Crippen LogP contribution in [-0.4, -0.2) is 9.78 Å². The molecule has 1 heterocycles. The summed E-state index contributed by atoms with van der Waals surface area (Å²) in [7, 11) is 1.86. The van der Waals surface area contributed by atoms with Crippen LogP contribution in [0.5, 0.6) is 0 Å². The maximum Gasteiger partial charge on any atom is 0.129 e. The number of nitrogen functional groups attached to an aromatic ring is 1. The second-order valence-electron chi connectivity index (χ2n) is 5.05. The summed E-state index contributed by atoms with van der Waals surface area (Å²) in [5.74, 6) is 0.661. The van der Waals surface area contributed by atoms with Crippen molar-refractivity contribution in [3.63, 3.8) is 0 Å². The lowest BCUT2D eigenvalue weighted by Gasteiger charge is -2.07. The summed E-state index contributed by atoms with van der Waals surface area (Å²) in [5.41, 5.74) is 11.4. The molecular formula is C17H16ClN3. The molecule has 0 radical (unpaired) electrons. The van der Waals surface area contributed by atoms with Gasteiger partial charge in [0.2, 0.25) is 0 Å². The first-order valence-corrected chi connectivity index (χ1v) is 7.10. The lowest BCUT2D eigenvalue weighted by atomic mass is 9.97. The number of halogens is 1. The minimum atomic E-state index is 0.661. The zero-order valence-corrected chi connectivity index (χ0v) is 12.7. The van der Waals surface area contributed by atoms with Crippen molar-refractivity contribution in [3.8, 4) is 22.4 Å². The summed E-state index contributed by atoms with van der Waals surface area (Å²) >= 11 is 5.97. The zero-order chi connectivity index (χ0) is 15.0. The molecule has 1 aromatic heterocycles. The predicted octanol–water partition coefficient (Wildman–Crippen LogP) is 4.30. The molecule has 3 nitrogen and oxygen atoms in total. The van der Waals surface area contributed by atoms with Crippen LogP contribution < -0.4 is 5.73 Å². The van der Waals surface area contributed by atoms with Crippen molar-refractivity contribution in [2.45, 2.75) is 6.92 Å². The number of rotatable bonds is 2. The number of anilines is 1. The second kappa shape index (κ2) is 5.26. The van der Waals surface area contributed by atoms with Gasteiger partial charge in [-0.05, 0) is 30.2 Å². The number of nitrogens with zero attached hydrogens (tertiary/aromatic N) is 2. The third kappa shape index (κ3) is 2.41. The van der Waals surface area contributed by atoms with E-state index >= 15 is 0 Å². The van der Waals surface area contributed by atoms with E-state index in [1.807, 2.05) is 43.4 Å². The highest BCUT2D eigenvalue weighted by molar-refractivity contribution is 6.30.